The van der Waals surface area contributed by atoms with E-state index in [1.54, 1.807) is 0 Å². The van der Waals surface area contributed by atoms with Crippen molar-refractivity contribution in [3.8, 4) is 0 Å². The van der Waals surface area contributed by atoms with Crippen molar-refractivity contribution in [1.82, 2.24) is 0 Å². The van der Waals surface area contributed by atoms with Gasteiger partial charge in [0.2, 0.25) is 0 Å². The molecule has 100 valence electrons. The number of furan rings is 1. The highest BCUT2D eigenvalue weighted by Crippen LogP contribution is 2.36. The molecule has 1 aliphatic rings. The van der Waals surface area contributed by atoms with Crippen LogP contribution in [0.1, 0.15) is 55.6 Å². The third-order valence-corrected chi connectivity index (χ3v) is 3.65. The van der Waals surface area contributed by atoms with E-state index in [2.05, 4.69) is 13.8 Å². The predicted octanol–water partition coefficient (Wildman–Crippen LogP) is 3.46. The zero-order valence-corrected chi connectivity index (χ0v) is 10.9. The maximum absolute atomic E-state index is 10.7. The van der Waals surface area contributed by atoms with E-state index in [-0.39, 0.29) is 11.7 Å². The summed E-state index contributed by atoms with van der Waals surface area (Å²) in [5.74, 6) is -0.387. The summed E-state index contributed by atoms with van der Waals surface area (Å²) in [6.45, 7) is 4.93. The fraction of sp³-hybridized carbons (Fsp3) is 0.643. The van der Waals surface area contributed by atoms with Crippen LogP contribution >= 0.6 is 0 Å². The smallest absolute Gasteiger partial charge is 0.338 e. The summed E-state index contributed by atoms with van der Waals surface area (Å²) in [7, 11) is 0. The molecule has 0 aromatic carbocycles. The van der Waals surface area contributed by atoms with Crippen molar-refractivity contribution in [2.75, 3.05) is 0 Å². The Morgan fingerprint density at radius 2 is 2.17 bits per heavy atom. The number of carboxylic acids is 1. The molecule has 1 fully saturated rings. The minimum Gasteiger partial charge on any atom is -0.478 e. The Bertz CT molecular complexity index is 409. The second-order valence-corrected chi connectivity index (χ2v) is 5.78. The van der Waals surface area contributed by atoms with Gasteiger partial charge < -0.3 is 14.3 Å². The predicted molar refractivity (Wildman–Crippen MR) is 66.5 cm³/mol. The summed E-state index contributed by atoms with van der Waals surface area (Å²) in [6.07, 6.45) is 6.02. The molecule has 0 amide bonds. The van der Waals surface area contributed by atoms with Gasteiger partial charge in [-0.2, -0.15) is 0 Å². The molecular weight excluding hydrogens is 232 g/mol. The average Bonchev–Trinajstić information content (AvgIpc) is 2.76. The second kappa shape index (κ2) is 5.14. The highest BCUT2D eigenvalue weighted by atomic mass is 16.5. The van der Waals surface area contributed by atoms with Gasteiger partial charge in [0, 0.05) is 0 Å². The Morgan fingerprint density at radius 1 is 1.50 bits per heavy atom. The topological polar surface area (TPSA) is 59.7 Å². The SMILES string of the molecule is CC1(C)CCC(OCc2cc(C(=O)O)co2)CC1. The van der Waals surface area contributed by atoms with Crippen LogP contribution in [0.5, 0.6) is 0 Å². The molecular formula is C14H20O4. The zero-order chi connectivity index (χ0) is 13.2. The van der Waals surface area contributed by atoms with E-state index in [0.29, 0.717) is 17.8 Å². The largest absolute Gasteiger partial charge is 0.478 e. The first-order chi connectivity index (χ1) is 8.46. The lowest BCUT2D eigenvalue weighted by Crippen LogP contribution is -2.26. The Labute approximate surface area is 107 Å². The van der Waals surface area contributed by atoms with Crippen molar-refractivity contribution in [2.24, 2.45) is 5.41 Å². The number of rotatable bonds is 4. The van der Waals surface area contributed by atoms with E-state index >= 15 is 0 Å². The van der Waals surface area contributed by atoms with Gasteiger partial charge in [-0.1, -0.05) is 13.8 Å². The highest BCUT2D eigenvalue weighted by molar-refractivity contribution is 5.87. The first-order valence-electron chi connectivity index (χ1n) is 6.39. The van der Waals surface area contributed by atoms with Crippen LogP contribution in [0, 0.1) is 5.41 Å². The molecule has 1 N–H and O–H groups in total. The minimum atomic E-state index is -0.968. The average molecular weight is 252 g/mol. The maximum atomic E-state index is 10.7. The number of carboxylic acid groups (broad SMARTS) is 1. The van der Waals surface area contributed by atoms with Crippen LogP contribution in [0.15, 0.2) is 16.7 Å². The van der Waals surface area contributed by atoms with E-state index in [0.717, 1.165) is 12.8 Å². The Hall–Kier alpha value is -1.29. The van der Waals surface area contributed by atoms with Gasteiger partial charge in [-0.25, -0.2) is 4.79 Å². The van der Waals surface area contributed by atoms with E-state index < -0.39 is 5.97 Å². The third kappa shape index (κ3) is 3.35. The summed E-state index contributed by atoms with van der Waals surface area (Å²) in [6, 6.07) is 1.52. The molecule has 4 nitrogen and oxygen atoms in total. The monoisotopic (exact) mass is 252 g/mol. The van der Waals surface area contributed by atoms with Crippen LogP contribution in [0.2, 0.25) is 0 Å². The Balaban J connectivity index is 1.79. The molecule has 18 heavy (non-hydrogen) atoms. The van der Waals surface area contributed by atoms with Crippen LogP contribution in [0.25, 0.3) is 0 Å². The zero-order valence-electron chi connectivity index (χ0n) is 10.9. The molecule has 0 bridgehead atoms. The van der Waals surface area contributed by atoms with Gasteiger partial charge in [-0.3, -0.25) is 0 Å². The molecule has 1 aromatic rings. The lowest BCUT2D eigenvalue weighted by Gasteiger charge is -2.33. The number of aromatic carboxylic acids is 1. The normalized spacial score (nSPS) is 19.9. The summed E-state index contributed by atoms with van der Waals surface area (Å²) in [5.41, 5.74) is 0.611. The van der Waals surface area contributed by atoms with Crippen LogP contribution < -0.4 is 0 Å². The number of carbonyl (C=O) groups is 1. The quantitative estimate of drug-likeness (QED) is 0.891. The minimum absolute atomic E-state index is 0.179. The first-order valence-corrected chi connectivity index (χ1v) is 6.39. The fourth-order valence-electron chi connectivity index (χ4n) is 2.31. The molecule has 1 aromatic heterocycles. The van der Waals surface area contributed by atoms with Crippen molar-refractivity contribution in [2.45, 2.75) is 52.2 Å². The van der Waals surface area contributed by atoms with Gasteiger partial charge in [-0.15, -0.1) is 0 Å². The molecule has 1 saturated carbocycles. The van der Waals surface area contributed by atoms with Crippen LogP contribution in [-0.2, 0) is 11.3 Å². The Morgan fingerprint density at radius 3 is 2.72 bits per heavy atom. The maximum Gasteiger partial charge on any atom is 0.338 e. The standard InChI is InChI=1S/C14H20O4/c1-14(2)5-3-11(4-6-14)18-9-12-7-10(8-17-12)13(15)16/h7-8,11H,3-6,9H2,1-2H3,(H,15,16). The van der Waals surface area contributed by atoms with Gasteiger partial charge >= 0.3 is 5.97 Å². The molecule has 0 saturated heterocycles. The summed E-state index contributed by atoms with van der Waals surface area (Å²) < 4.78 is 10.9. The molecule has 2 rings (SSSR count). The molecule has 0 radical (unpaired) electrons. The van der Waals surface area contributed by atoms with Gasteiger partial charge in [0.25, 0.3) is 0 Å². The molecule has 0 spiro atoms. The molecule has 1 heterocycles. The van der Waals surface area contributed by atoms with Crippen LogP contribution in [0.3, 0.4) is 0 Å². The molecule has 1 aliphatic carbocycles. The van der Waals surface area contributed by atoms with Crippen molar-refractivity contribution in [1.29, 1.82) is 0 Å². The summed E-state index contributed by atoms with van der Waals surface area (Å²) in [4.78, 5) is 10.7. The number of hydrogen-bond acceptors (Lipinski definition) is 3. The fourth-order valence-corrected chi connectivity index (χ4v) is 2.31. The van der Waals surface area contributed by atoms with Crippen molar-refractivity contribution in [3.63, 3.8) is 0 Å². The van der Waals surface area contributed by atoms with Gasteiger partial charge in [0.1, 0.15) is 18.6 Å². The van der Waals surface area contributed by atoms with Crippen LogP contribution in [0.4, 0.5) is 0 Å². The first kappa shape index (κ1) is 13.1. The molecule has 0 atom stereocenters. The van der Waals surface area contributed by atoms with E-state index in [9.17, 15) is 4.79 Å². The molecule has 0 aliphatic heterocycles. The van der Waals surface area contributed by atoms with Gasteiger partial charge in [-0.05, 0) is 37.2 Å². The van der Waals surface area contributed by atoms with Crippen LogP contribution in [-0.4, -0.2) is 17.2 Å². The van der Waals surface area contributed by atoms with Gasteiger partial charge in [0.05, 0.1) is 11.7 Å². The second-order valence-electron chi connectivity index (χ2n) is 5.78. The van der Waals surface area contributed by atoms with E-state index in [1.165, 1.54) is 25.2 Å². The number of hydrogen-bond donors (Lipinski definition) is 1. The highest BCUT2D eigenvalue weighted by Gasteiger charge is 2.27. The Kier molecular flexibility index (Phi) is 3.76. The van der Waals surface area contributed by atoms with Crippen molar-refractivity contribution < 1.29 is 19.1 Å². The van der Waals surface area contributed by atoms with E-state index in [4.69, 9.17) is 14.3 Å². The number of ether oxygens (including phenoxy) is 1. The van der Waals surface area contributed by atoms with E-state index in [1.807, 2.05) is 0 Å². The lowest BCUT2D eigenvalue weighted by molar-refractivity contribution is -0.0120. The molecule has 4 heteroatoms. The molecule has 0 unspecified atom stereocenters. The third-order valence-electron chi connectivity index (χ3n) is 3.65. The summed E-state index contributed by atoms with van der Waals surface area (Å²) in [5, 5.41) is 8.77. The van der Waals surface area contributed by atoms with Crippen molar-refractivity contribution >= 4 is 5.97 Å². The lowest BCUT2D eigenvalue weighted by atomic mass is 9.76. The van der Waals surface area contributed by atoms with Crippen molar-refractivity contribution in [3.05, 3.63) is 23.7 Å². The van der Waals surface area contributed by atoms with Gasteiger partial charge in [0.15, 0.2) is 0 Å². The summed E-state index contributed by atoms with van der Waals surface area (Å²) >= 11 is 0.